The van der Waals surface area contributed by atoms with Crippen LogP contribution in [0.5, 0.6) is 0 Å². The standard InChI is InChI=1S/C11H16N2OS/c12-15(14,11-7-3-1-4-8-11)13-9-5-2-6-10-13/h1,3-4,7-8,12H,2,5-6,9-10H2. The van der Waals surface area contributed by atoms with Gasteiger partial charge < -0.3 is 0 Å². The summed E-state index contributed by atoms with van der Waals surface area (Å²) >= 11 is 0. The molecule has 1 aromatic rings. The molecule has 1 atom stereocenters. The first kappa shape index (κ1) is 10.6. The van der Waals surface area contributed by atoms with E-state index < -0.39 is 9.92 Å². The Balaban J connectivity index is 2.26. The molecule has 1 N–H and O–H groups in total. The van der Waals surface area contributed by atoms with E-state index in [2.05, 4.69) is 0 Å². The lowest BCUT2D eigenvalue weighted by Gasteiger charge is -2.28. The van der Waals surface area contributed by atoms with Gasteiger partial charge in [-0.05, 0) is 25.0 Å². The molecule has 0 bridgehead atoms. The SMILES string of the molecule is N=S(=O)(c1ccccc1)N1CCCCC1. The smallest absolute Gasteiger partial charge is 0.137 e. The second-order valence-electron chi connectivity index (χ2n) is 3.83. The first-order chi connectivity index (χ1) is 7.21. The summed E-state index contributed by atoms with van der Waals surface area (Å²) in [5.41, 5.74) is 0. The molecule has 1 unspecified atom stereocenters. The maximum absolute atomic E-state index is 12.3. The average Bonchev–Trinajstić information content (AvgIpc) is 2.31. The van der Waals surface area contributed by atoms with Crippen molar-refractivity contribution < 1.29 is 4.21 Å². The Bertz CT molecular complexity index is 407. The zero-order valence-electron chi connectivity index (χ0n) is 8.69. The summed E-state index contributed by atoms with van der Waals surface area (Å²) in [5, 5.41) is 0. The number of nitrogens with one attached hydrogen (secondary N) is 1. The number of benzene rings is 1. The van der Waals surface area contributed by atoms with Gasteiger partial charge in [0.05, 0.1) is 4.90 Å². The van der Waals surface area contributed by atoms with E-state index >= 15 is 0 Å². The third-order valence-electron chi connectivity index (χ3n) is 2.74. The van der Waals surface area contributed by atoms with Crippen molar-refractivity contribution >= 4 is 9.92 Å². The first-order valence-electron chi connectivity index (χ1n) is 5.30. The van der Waals surface area contributed by atoms with Crippen molar-refractivity contribution in [1.29, 1.82) is 4.78 Å². The molecule has 1 aromatic carbocycles. The molecule has 0 aromatic heterocycles. The van der Waals surface area contributed by atoms with E-state index in [1.165, 1.54) is 6.42 Å². The van der Waals surface area contributed by atoms with Gasteiger partial charge >= 0.3 is 0 Å². The van der Waals surface area contributed by atoms with Crippen LogP contribution in [0.2, 0.25) is 0 Å². The Hall–Kier alpha value is -0.870. The number of hydrogen-bond acceptors (Lipinski definition) is 2. The Labute approximate surface area is 91.2 Å². The van der Waals surface area contributed by atoms with Crippen molar-refractivity contribution in [3.63, 3.8) is 0 Å². The van der Waals surface area contributed by atoms with Crippen LogP contribution in [0, 0.1) is 4.78 Å². The molecule has 0 aliphatic carbocycles. The molecule has 3 nitrogen and oxygen atoms in total. The second-order valence-corrected chi connectivity index (χ2v) is 5.87. The fourth-order valence-corrected chi connectivity index (χ4v) is 3.47. The topological polar surface area (TPSA) is 44.2 Å². The minimum Gasteiger partial charge on any atom is -0.236 e. The molecule has 2 rings (SSSR count). The Kier molecular flexibility index (Phi) is 3.07. The van der Waals surface area contributed by atoms with Gasteiger partial charge in [-0.2, -0.15) is 0 Å². The maximum atomic E-state index is 12.3. The molecular formula is C11H16N2OS. The minimum atomic E-state index is -2.73. The predicted octanol–water partition coefficient (Wildman–Crippen LogP) is 2.49. The highest BCUT2D eigenvalue weighted by Gasteiger charge is 2.21. The van der Waals surface area contributed by atoms with Gasteiger partial charge in [0.15, 0.2) is 0 Å². The van der Waals surface area contributed by atoms with Gasteiger partial charge in [-0.15, -0.1) is 0 Å². The number of rotatable bonds is 2. The van der Waals surface area contributed by atoms with Crippen LogP contribution < -0.4 is 0 Å². The highest BCUT2D eigenvalue weighted by atomic mass is 32.2. The monoisotopic (exact) mass is 224 g/mol. The molecule has 0 amide bonds. The lowest BCUT2D eigenvalue weighted by Crippen LogP contribution is -2.34. The number of piperidine rings is 1. The van der Waals surface area contributed by atoms with Crippen LogP contribution in [0.4, 0.5) is 0 Å². The third-order valence-corrected chi connectivity index (χ3v) is 4.74. The molecule has 0 saturated carbocycles. The molecule has 1 fully saturated rings. The van der Waals surface area contributed by atoms with Crippen LogP contribution in [-0.2, 0) is 9.92 Å². The van der Waals surface area contributed by atoms with E-state index in [-0.39, 0.29) is 0 Å². The summed E-state index contributed by atoms with van der Waals surface area (Å²) in [4.78, 5) is 0.631. The van der Waals surface area contributed by atoms with E-state index in [0.29, 0.717) is 4.90 Å². The molecule has 1 aliphatic heterocycles. The summed E-state index contributed by atoms with van der Waals surface area (Å²) in [7, 11) is -2.73. The number of hydrogen-bond donors (Lipinski definition) is 1. The summed E-state index contributed by atoms with van der Waals surface area (Å²) in [6, 6.07) is 9.13. The van der Waals surface area contributed by atoms with Gasteiger partial charge in [0.2, 0.25) is 0 Å². The summed E-state index contributed by atoms with van der Waals surface area (Å²) < 4.78 is 22.2. The summed E-state index contributed by atoms with van der Waals surface area (Å²) in [5.74, 6) is 0. The van der Waals surface area contributed by atoms with Gasteiger partial charge in [-0.1, -0.05) is 24.6 Å². The van der Waals surface area contributed by atoms with E-state index in [9.17, 15) is 4.21 Å². The van der Waals surface area contributed by atoms with Crippen molar-refractivity contribution in [3.05, 3.63) is 30.3 Å². The van der Waals surface area contributed by atoms with Gasteiger partial charge in [0.25, 0.3) is 0 Å². The van der Waals surface area contributed by atoms with Crippen LogP contribution in [0.1, 0.15) is 19.3 Å². The van der Waals surface area contributed by atoms with Crippen LogP contribution in [0.25, 0.3) is 0 Å². The molecule has 0 spiro atoms. The molecule has 4 heteroatoms. The number of nitrogens with zero attached hydrogens (tertiary/aromatic N) is 1. The van der Waals surface area contributed by atoms with Crippen LogP contribution in [0.15, 0.2) is 35.2 Å². The van der Waals surface area contributed by atoms with Gasteiger partial charge in [-0.25, -0.2) is 13.3 Å². The van der Waals surface area contributed by atoms with Crippen LogP contribution in [0.3, 0.4) is 0 Å². The second kappa shape index (κ2) is 4.33. The molecule has 1 saturated heterocycles. The quantitative estimate of drug-likeness (QED) is 0.824. The highest BCUT2D eigenvalue weighted by molar-refractivity contribution is 7.90. The highest BCUT2D eigenvalue weighted by Crippen LogP contribution is 2.20. The third kappa shape index (κ3) is 2.21. The lowest BCUT2D eigenvalue weighted by atomic mass is 10.2. The van der Waals surface area contributed by atoms with Crippen molar-refractivity contribution in [1.82, 2.24) is 4.31 Å². The minimum absolute atomic E-state index is 0.631. The Morgan fingerprint density at radius 1 is 1.07 bits per heavy atom. The van der Waals surface area contributed by atoms with Gasteiger partial charge in [0.1, 0.15) is 9.92 Å². The predicted molar refractivity (Wildman–Crippen MR) is 61.0 cm³/mol. The van der Waals surface area contributed by atoms with E-state index in [4.69, 9.17) is 4.78 Å². The first-order valence-corrected chi connectivity index (χ1v) is 6.82. The van der Waals surface area contributed by atoms with E-state index in [1.807, 2.05) is 22.5 Å². The van der Waals surface area contributed by atoms with E-state index in [1.54, 1.807) is 12.1 Å². The Morgan fingerprint density at radius 2 is 1.67 bits per heavy atom. The van der Waals surface area contributed by atoms with Crippen molar-refractivity contribution in [2.75, 3.05) is 13.1 Å². The summed E-state index contributed by atoms with van der Waals surface area (Å²) in [6.07, 6.45) is 3.31. The fourth-order valence-electron chi connectivity index (χ4n) is 1.88. The zero-order valence-corrected chi connectivity index (χ0v) is 9.50. The molecule has 1 aliphatic rings. The Morgan fingerprint density at radius 3 is 2.27 bits per heavy atom. The van der Waals surface area contributed by atoms with Crippen LogP contribution in [-0.4, -0.2) is 21.6 Å². The normalized spacial score (nSPS) is 22.1. The summed E-state index contributed by atoms with van der Waals surface area (Å²) in [6.45, 7) is 1.58. The maximum Gasteiger partial charge on any atom is 0.137 e. The average molecular weight is 224 g/mol. The zero-order chi connectivity index (χ0) is 10.7. The molecular weight excluding hydrogens is 208 g/mol. The molecule has 1 heterocycles. The van der Waals surface area contributed by atoms with E-state index in [0.717, 1.165) is 25.9 Å². The molecule has 82 valence electrons. The lowest BCUT2D eigenvalue weighted by molar-refractivity contribution is 0.360. The molecule has 15 heavy (non-hydrogen) atoms. The van der Waals surface area contributed by atoms with Crippen molar-refractivity contribution in [2.45, 2.75) is 24.2 Å². The van der Waals surface area contributed by atoms with Crippen LogP contribution >= 0.6 is 0 Å². The van der Waals surface area contributed by atoms with Crippen molar-refractivity contribution in [2.24, 2.45) is 0 Å². The van der Waals surface area contributed by atoms with Gasteiger partial charge in [-0.3, -0.25) is 0 Å². The molecule has 0 radical (unpaired) electrons. The van der Waals surface area contributed by atoms with Gasteiger partial charge in [0, 0.05) is 13.1 Å². The van der Waals surface area contributed by atoms with Crippen molar-refractivity contribution in [3.8, 4) is 0 Å². The fraction of sp³-hybridized carbons (Fsp3) is 0.455. The largest absolute Gasteiger partial charge is 0.236 e.